The molecule has 0 atom stereocenters. The van der Waals surface area contributed by atoms with E-state index in [1.807, 2.05) is 6.07 Å². The van der Waals surface area contributed by atoms with Gasteiger partial charge in [0.1, 0.15) is 5.75 Å². The summed E-state index contributed by atoms with van der Waals surface area (Å²) < 4.78 is 11.0. The normalized spacial score (nSPS) is 9.91. The fourth-order valence-corrected chi connectivity index (χ4v) is 2.31. The molecule has 0 saturated heterocycles. The van der Waals surface area contributed by atoms with Gasteiger partial charge in [-0.3, -0.25) is 4.79 Å². The zero-order chi connectivity index (χ0) is 15.9. The highest BCUT2D eigenvalue weighted by Crippen LogP contribution is 2.22. The van der Waals surface area contributed by atoms with Gasteiger partial charge in [-0.1, -0.05) is 18.2 Å². The van der Waals surface area contributed by atoms with E-state index in [-0.39, 0.29) is 6.61 Å². The van der Waals surface area contributed by atoms with Crippen molar-refractivity contribution < 1.29 is 19.1 Å². The number of halogens is 1. The van der Waals surface area contributed by atoms with Crippen molar-refractivity contribution in [1.82, 2.24) is 0 Å². The number of benzene rings is 2. The van der Waals surface area contributed by atoms with Crippen LogP contribution in [0, 0.1) is 3.57 Å². The topological polar surface area (TPSA) is 64.6 Å². The van der Waals surface area contributed by atoms with Crippen LogP contribution in [0.3, 0.4) is 0 Å². The van der Waals surface area contributed by atoms with Gasteiger partial charge in [-0.25, -0.2) is 4.79 Å². The van der Waals surface area contributed by atoms with E-state index in [4.69, 9.17) is 9.47 Å². The quantitative estimate of drug-likeness (QED) is 0.607. The number of hydrogen-bond donors (Lipinski definition) is 1. The van der Waals surface area contributed by atoms with Crippen LogP contribution in [0.4, 0.5) is 5.69 Å². The molecule has 1 N–H and O–H groups in total. The third-order valence-corrected chi connectivity index (χ3v) is 3.45. The lowest BCUT2D eigenvalue weighted by atomic mass is 10.2. The molecule has 0 aromatic heterocycles. The minimum absolute atomic E-state index is 0.359. The monoisotopic (exact) mass is 411 g/mol. The third kappa shape index (κ3) is 4.45. The van der Waals surface area contributed by atoms with Crippen LogP contribution in [0.15, 0.2) is 48.5 Å². The van der Waals surface area contributed by atoms with Crippen LogP contribution in [-0.2, 0) is 9.53 Å². The molecule has 114 valence electrons. The highest BCUT2D eigenvalue weighted by Gasteiger charge is 2.12. The van der Waals surface area contributed by atoms with Crippen molar-refractivity contribution in [3.05, 3.63) is 57.7 Å². The molecule has 22 heavy (non-hydrogen) atoms. The van der Waals surface area contributed by atoms with E-state index >= 15 is 0 Å². The van der Waals surface area contributed by atoms with Crippen molar-refractivity contribution in [2.75, 3.05) is 19.0 Å². The number of esters is 1. The largest absolute Gasteiger partial charge is 0.495 e. The molecule has 1 amide bonds. The van der Waals surface area contributed by atoms with Crippen LogP contribution in [-0.4, -0.2) is 25.6 Å². The molecule has 0 fully saturated rings. The van der Waals surface area contributed by atoms with Crippen LogP contribution in [0.2, 0.25) is 0 Å². The predicted octanol–water partition coefficient (Wildman–Crippen LogP) is 3.10. The molecule has 0 unspecified atom stereocenters. The summed E-state index contributed by atoms with van der Waals surface area (Å²) in [5.41, 5.74) is 0.942. The molecule has 0 saturated carbocycles. The Bertz CT molecular complexity index is 687. The molecule has 0 aliphatic carbocycles. The number of methoxy groups -OCH3 is 1. The molecular weight excluding hydrogens is 397 g/mol. The van der Waals surface area contributed by atoms with Gasteiger partial charge in [0.15, 0.2) is 6.61 Å². The van der Waals surface area contributed by atoms with Gasteiger partial charge in [-0.2, -0.15) is 0 Å². The molecule has 0 bridgehead atoms. The Morgan fingerprint density at radius 1 is 1.14 bits per heavy atom. The van der Waals surface area contributed by atoms with Gasteiger partial charge in [0.05, 0.1) is 18.4 Å². The molecule has 6 heteroatoms. The molecule has 5 nitrogen and oxygen atoms in total. The first-order chi connectivity index (χ1) is 10.6. The number of ether oxygens (including phenoxy) is 2. The standard InChI is InChI=1S/C16H14INO4/c1-21-14-8-3-2-7-13(14)18-15(19)10-22-16(20)11-5-4-6-12(17)9-11/h2-9H,10H2,1H3,(H,18,19). The molecule has 2 rings (SSSR count). The SMILES string of the molecule is COc1ccccc1NC(=O)COC(=O)c1cccc(I)c1. The van der Waals surface area contributed by atoms with Gasteiger partial charge in [-0.05, 0) is 52.9 Å². The first-order valence-electron chi connectivity index (χ1n) is 6.45. The Labute approximate surface area is 141 Å². The summed E-state index contributed by atoms with van der Waals surface area (Å²) in [7, 11) is 1.52. The summed E-state index contributed by atoms with van der Waals surface area (Å²) in [5, 5.41) is 2.64. The highest BCUT2D eigenvalue weighted by atomic mass is 127. The third-order valence-electron chi connectivity index (χ3n) is 2.78. The van der Waals surface area contributed by atoms with Gasteiger partial charge in [0.25, 0.3) is 5.91 Å². The van der Waals surface area contributed by atoms with Crippen LogP contribution in [0.5, 0.6) is 5.75 Å². The Morgan fingerprint density at radius 2 is 1.91 bits per heavy atom. The second-order valence-electron chi connectivity index (χ2n) is 4.33. The summed E-state index contributed by atoms with van der Waals surface area (Å²) in [6, 6.07) is 14.0. The van der Waals surface area contributed by atoms with Gasteiger partial charge in [0, 0.05) is 3.57 Å². The van der Waals surface area contributed by atoms with E-state index in [1.54, 1.807) is 42.5 Å². The van der Waals surface area contributed by atoms with Crippen molar-refractivity contribution in [2.24, 2.45) is 0 Å². The number of amides is 1. The lowest BCUT2D eigenvalue weighted by molar-refractivity contribution is -0.119. The molecule has 2 aromatic carbocycles. The van der Waals surface area contributed by atoms with Crippen LogP contribution in [0.25, 0.3) is 0 Å². The second kappa shape index (κ2) is 7.79. The van der Waals surface area contributed by atoms with E-state index < -0.39 is 11.9 Å². The van der Waals surface area contributed by atoms with E-state index in [9.17, 15) is 9.59 Å². The summed E-state index contributed by atoms with van der Waals surface area (Å²) in [5.74, 6) is -0.419. The summed E-state index contributed by atoms with van der Waals surface area (Å²) in [6.45, 7) is -0.359. The number of nitrogens with one attached hydrogen (secondary N) is 1. The number of anilines is 1. The molecule has 2 aromatic rings. The van der Waals surface area contributed by atoms with Gasteiger partial charge in [0.2, 0.25) is 0 Å². The van der Waals surface area contributed by atoms with E-state index in [1.165, 1.54) is 7.11 Å². The Hall–Kier alpha value is -2.09. The number of carbonyl (C=O) groups is 2. The molecule has 0 radical (unpaired) electrons. The van der Waals surface area contributed by atoms with Crippen molar-refractivity contribution in [2.45, 2.75) is 0 Å². The lowest BCUT2D eigenvalue weighted by Crippen LogP contribution is -2.21. The molecular formula is C16H14INO4. The second-order valence-corrected chi connectivity index (χ2v) is 5.58. The summed E-state index contributed by atoms with van der Waals surface area (Å²) >= 11 is 2.10. The van der Waals surface area contributed by atoms with Gasteiger partial charge in [-0.15, -0.1) is 0 Å². The highest BCUT2D eigenvalue weighted by molar-refractivity contribution is 14.1. The average molecular weight is 411 g/mol. The zero-order valence-electron chi connectivity index (χ0n) is 11.8. The summed E-state index contributed by atoms with van der Waals surface area (Å²) in [6.07, 6.45) is 0. The van der Waals surface area contributed by atoms with Crippen molar-refractivity contribution in [1.29, 1.82) is 0 Å². The Balaban J connectivity index is 1.91. The lowest BCUT2D eigenvalue weighted by Gasteiger charge is -2.10. The number of hydrogen-bond acceptors (Lipinski definition) is 4. The van der Waals surface area contributed by atoms with Gasteiger partial charge < -0.3 is 14.8 Å². The van der Waals surface area contributed by atoms with E-state index in [2.05, 4.69) is 27.9 Å². The maximum Gasteiger partial charge on any atom is 0.338 e. The van der Waals surface area contributed by atoms with E-state index in [0.717, 1.165) is 3.57 Å². The predicted molar refractivity (Wildman–Crippen MR) is 91.1 cm³/mol. The molecule has 0 spiro atoms. The summed E-state index contributed by atoms with van der Waals surface area (Å²) in [4.78, 5) is 23.7. The molecule has 0 heterocycles. The smallest absolute Gasteiger partial charge is 0.338 e. The minimum Gasteiger partial charge on any atom is -0.495 e. The van der Waals surface area contributed by atoms with Crippen LogP contribution in [0.1, 0.15) is 10.4 Å². The first-order valence-corrected chi connectivity index (χ1v) is 7.53. The van der Waals surface area contributed by atoms with Crippen molar-refractivity contribution >= 4 is 40.2 Å². The fourth-order valence-electron chi connectivity index (χ4n) is 1.76. The number of para-hydroxylation sites is 2. The maximum absolute atomic E-state index is 11.8. The molecule has 0 aliphatic heterocycles. The van der Waals surface area contributed by atoms with E-state index in [0.29, 0.717) is 17.0 Å². The van der Waals surface area contributed by atoms with Gasteiger partial charge >= 0.3 is 5.97 Å². The fraction of sp³-hybridized carbons (Fsp3) is 0.125. The molecule has 0 aliphatic rings. The zero-order valence-corrected chi connectivity index (χ0v) is 14.0. The average Bonchev–Trinajstić information content (AvgIpc) is 2.53. The van der Waals surface area contributed by atoms with Crippen molar-refractivity contribution in [3.8, 4) is 5.75 Å². The van der Waals surface area contributed by atoms with Crippen molar-refractivity contribution in [3.63, 3.8) is 0 Å². The van der Waals surface area contributed by atoms with Crippen LogP contribution >= 0.6 is 22.6 Å². The number of rotatable bonds is 5. The first kappa shape index (κ1) is 16.3. The number of carbonyl (C=O) groups excluding carboxylic acids is 2. The van der Waals surface area contributed by atoms with Crippen LogP contribution < -0.4 is 10.1 Å². The maximum atomic E-state index is 11.8. The Kier molecular flexibility index (Phi) is 5.76. The Morgan fingerprint density at radius 3 is 2.64 bits per heavy atom. The minimum atomic E-state index is -0.534.